The Balaban J connectivity index is 2.03. The van der Waals surface area contributed by atoms with Crippen LogP contribution in [0.3, 0.4) is 0 Å². The highest BCUT2D eigenvalue weighted by Crippen LogP contribution is 2.13. The van der Waals surface area contributed by atoms with Gasteiger partial charge >= 0.3 is 0 Å². The first-order chi connectivity index (χ1) is 10.2. The molecular formula is C17H19BrN2O. The largest absolute Gasteiger partial charge is 0.348 e. The molecule has 0 unspecified atom stereocenters. The summed E-state index contributed by atoms with van der Waals surface area (Å²) in [4.78, 5) is 12.3. The number of hydrogen-bond acceptors (Lipinski definition) is 2. The van der Waals surface area contributed by atoms with Crippen LogP contribution in [0, 0.1) is 0 Å². The van der Waals surface area contributed by atoms with Crippen molar-refractivity contribution in [2.24, 2.45) is 0 Å². The minimum Gasteiger partial charge on any atom is -0.348 e. The van der Waals surface area contributed by atoms with Gasteiger partial charge in [0.05, 0.1) is 0 Å². The molecule has 0 aliphatic rings. The Kier molecular flexibility index (Phi) is 5.96. The number of amides is 1. The summed E-state index contributed by atoms with van der Waals surface area (Å²) in [5.74, 6) is -0.0262. The van der Waals surface area contributed by atoms with E-state index in [1.54, 1.807) is 0 Å². The lowest BCUT2D eigenvalue weighted by molar-refractivity contribution is 0.0950. The van der Waals surface area contributed by atoms with Crippen molar-refractivity contribution in [1.82, 2.24) is 10.6 Å². The predicted molar refractivity (Wildman–Crippen MR) is 89.4 cm³/mol. The van der Waals surface area contributed by atoms with Gasteiger partial charge in [-0.2, -0.15) is 0 Å². The zero-order chi connectivity index (χ0) is 15.1. The number of nitrogens with one attached hydrogen (secondary N) is 2. The lowest BCUT2D eigenvalue weighted by Crippen LogP contribution is -2.24. The molecule has 21 heavy (non-hydrogen) atoms. The van der Waals surface area contributed by atoms with Crippen LogP contribution in [0.1, 0.15) is 21.5 Å². The summed E-state index contributed by atoms with van der Waals surface area (Å²) in [6.07, 6.45) is 0.844. The molecule has 0 aliphatic carbocycles. The highest BCUT2D eigenvalue weighted by atomic mass is 79.9. The predicted octanol–water partition coefficient (Wildman–Crippen LogP) is 3.14. The molecule has 0 aliphatic heterocycles. The van der Waals surface area contributed by atoms with E-state index in [1.165, 1.54) is 0 Å². The summed E-state index contributed by atoms with van der Waals surface area (Å²) in [5.41, 5.74) is 2.90. The summed E-state index contributed by atoms with van der Waals surface area (Å²) in [5, 5.41) is 6.09. The molecule has 0 spiro atoms. The van der Waals surface area contributed by atoms with Crippen LogP contribution in [0.2, 0.25) is 0 Å². The maximum atomic E-state index is 12.3. The van der Waals surface area contributed by atoms with Gasteiger partial charge in [-0.05, 0) is 49.3 Å². The van der Waals surface area contributed by atoms with Gasteiger partial charge < -0.3 is 10.6 Å². The molecule has 2 N–H and O–H groups in total. The van der Waals surface area contributed by atoms with E-state index in [-0.39, 0.29) is 5.91 Å². The molecule has 0 aromatic heterocycles. The van der Waals surface area contributed by atoms with Crippen molar-refractivity contribution >= 4 is 21.8 Å². The molecule has 2 rings (SSSR count). The van der Waals surface area contributed by atoms with Crippen molar-refractivity contribution in [3.63, 3.8) is 0 Å². The minimum absolute atomic E-state index is 0.0262. The Bertz CT molecular complexity index is 613. The van der Waals surface area contributed by atoms with E-state index in [1.807, 2.05) is 55.6 Å². The molecule has 2 aromatic rings. The normalized spacial score (nSPS) is 10.4. The Morgan fingerprint density at radius 3 is 2.71 bits per heavy atom. The van der Waals surface area contributed by atoms with Crippen molar-refractivity contribution < 1.29 is 4.79 Å². The minimum atomic E-state index is -0.0262. The van der Waals surface area contributed by atoms with E-state index >= 15 is 0 Å². The number of halogens is 1. The fourth-order valence-corrected chi connectivity index (χ4v) is 2.59. The van der Waals surface area contributed by atoms with Gasteiger partial charge in [-0.25, -0.2) is 0 Å². The first-order valence-electron chi connectivity index (χ1n) is 6.96. The standard InChI is InChI=1S/C17H19BrN2O/c1-19-10-9-14-6-2-3-8-16(14)17(21)20-12-13-5-4-7-15(18)11-13/h2-8,11,19H,9-10,12H2,1H3,(H,20,21). The molecule has 0 saturated heterocycles. The molecule has 4 heteroatoms. The second kappa shape index (κ2) is 7.96. The van der Waals surface area contributed by atoms with Gasteiger partial charge in [0.1, 0.15) is 0 Å². The first kappa shape index (κ1) is 15.7. The van der Waals surface area contributed by atoms with Gasteiger partial charge in [-0.15, -0.1) is 0 Å². The third kappa shape index (κ3) is 4.69. The Hall–Kier alpha value is -1.65. The van der Waals surface area contributed by atoms with Gasteiger partial charge in [-0.1, -0.05) is 46.3 Å². The third-order valence-electron chi connectivity index (χ3n) is 3.25. The second-order valence-corrected chi connectivity index (χ2v) is 5.74. The van der Waals surface area contributed by atoms with Crippen LogP contribution >= 0.6 is 15.9 Å². The van der Waals surface area contributed by atoms with Crippen LogP contribution in [0.5, 0.6) is 0 Å². The quantitative estimate of drug-likeness (QED) is 0.843. The summed E-state index contributed by atoms with van der Waals surface area (Å²) in [6, 6.07) is 15.7. The first-order valence-corrected chi connectivity index (χ1v) is 7.75. The van der Waals surface area contributed by atoms with Crippen LogP contribution in [0.25, 0.3) is 0 Å². The summed E-state index contributed by atoms with van der Waals surface area (Å²) < 4.78 is 1.02. The number of carbonyl (C=O) groups is 1. The molecule has 1 amide bonds. The molecule has 110 valence electrons. The summed E-state index contributed by atoms with van der Waals surface area (Å²) in [6.45, 7) is 1.38. The number of carbonyl (C=O) groups excluding carboxylic acids is 1. The maximum Gasteiger partial charge on any atom is 0.251 e. The Morgan fingerprint density at radius 1 is 1.14 bits per heavy atom. The lowest BCUT2D eigenvalue weighted by Gasteiger charge is -2.10. The van der Waals surface area contributed by atoms with Crippen molar-refractivity contribution in [1.29, 1.82) is 0 Å². The molecule has 0 radical (unpaired) electrons. The second-order valence-electron chi connectivity index (χ2n) is 4.82. The number of rotatable bonds is 6. The van der Waals surface area contributed by atoms with Gasteiger partial charge in [0.2, 0.25) is 0 Å². The van der Waals surface area contributed by atoms with Gasteiger partial charge in [0.25, 0.3) is 5.91 Å². The molecular weight excluding hydrogens is 328 g/mol. The average Bonchev–Trinajstić information content (AvgIpc) is 2.51. The highest BCUT2D eigenvalue weighted by Gasteiger charge is 2.10. The highest BCUT2D eigenvalue weighted by molar-refractivity contribution is 9.10. The van der Waals surface area contributed by atoms with Gasteiger partial charge in [0, 0.05) is 16.6 Å². The molecule has 0 heterocycles. The number of benzene rings is 2. The van der Waals surface area contributed by atoms with Crippen molar-refractivity contribution in [3.8, 4) is 0 Å². The van der Waals surface area contributed by atoms with Crippen molar-refractivity contribution in [2.75, 3.05) is 13.6 Å². The SMILES string of the molecule is CNCCc1ccccc1C(=O)NCc1cccc(Br)c1. The van der Waals surface area contributed by atoms with E-state index in [2.05, 4.69) is 26.6 Å². The Morgan fingerprint density at radius 2 is 1.95 bits per heavy atom. The fraction of sp³-hybridized carbons (Fsp3) is 0.235. The molecule has 0 saturated carbocycles. The molecule has 3 nitrogen and oxygen atoms in total. The molecule has 0 bridgehead atoms. The van der Waals surface area contributed by atoms with E-state index in [0.29, 0.717) is 6.54 Å². The smallest absolute Gasteiger partial charge is 0.251 e. The van der Waals surface area contributed by atoms with E-state index in [9.17, 15) is 4.79 Å². The van der Waals surface area contributed by atoms with Crippen LogP contribution in [0.15, 0.2) is 53.0 Å². The summed E-state index contributed by atoms with van der Waals surface area (Å²) in [7, 11) is 1.91. The van der Waals surface area contributed by atoms with Gasteiger partial charge in [-0.3, -0.25) is 4.79 Å². The van der Waals surface area contributed by atoms with Crippen LogP contribution in [-0.4, -0.2) is 19.5 Å². The van der Waals surface area contributed by atoms with Gasteiger partial charge in [0.15, 0.2) is 0 Å². The monoisotopic (exact) mass is 346 g/mol. The van der Waals surface area contributed by atoms with E-state index in [0.717, 1.165) is 34.1 Å². The average molecular weight is 347 g/mol. The lowest BCUT2D eigenvalue weighted by atomic mass is 10.0. The van der Waals surface area contributed by atoms with Crippen molar-refractivity contribution in [3.05, 3.63) is 69.7 Å². The van der Waals surface area contributed by atoms with Crippen LogP contribution < -0.4 is 10.6 Å². The zero-order valence-electron chi connectivity index (χ0n) is 12.0. The topological polar surface area (TPSA) is 41.1 Å². The number of likely N-dealkylation sites (N-methyl/N-ethyl adjacent to an activating group) is 1. The van der Waals surface area contributed by atoms with Crippen LogP contribution in [-0.2, 0) is 13.0 Å². The summed E-state index contributed by atoms with van der Waals surface area (Å²) >= 11 is 3.43. The molecule has 2 aromatic carbocycles. The fourth-order valence-electron chi connectivity index (χ4n) is 2.14. The van der Waals surface area contributed by atoms with Crippen LogP contribution in [0.4, 0.5) is 0 Å². The van der Waals surface area contributed by atoms with E-state index < -0.39 is 0 Å². The molecule has 0 fully saturated rings. The third-order valence-corrected chi connectivity index (χ3v) is 3.74. The van der Waals surface area contributed by atoms with Crippen molar-refractivity contribution in [2.45, 2.75) is 13.0 Å². The maximum absolute atomic E-state index is 12.3. The Labute approximate surface area is 133 Å². The zero-order valence-corrected chi connectivity index (χ0v) is 13.6. The number of hydrogen-bond donors (Lipinski definition) is 2. The molecule has 0 atom stereocenters. The van der Waals surface area contributed by atoms with E-state index in [4.69, 9.17) is 0 Å².